The molecule has 3 rings (SSSR count). The first-order chi connectivity index (χ1) is 12.5. The van der Waals surface area contributed by atoms with Gasteiger partial charge in [0.05, 0.1) is 11.7 Å². The number of piperidine rings is 1. The summed E-state index contributed by atoms with van der Waals surface area (Å²) >= 11 is 0. The molecule has 1 aromatic carbocycles. The third-order valence-electron chi connectivity index (χ3n) is 5.01. The Bertz CT molecular complexity index is 731. The number of halogens is 1. The predicted molar refractivity (Wildman–Crippen MR) is 105 cm³/mol. The average molecular weight is 358 g/mol. The highest BCUT2D eigenvalue weighted by molar-refractivity contribution is 5.66. The first-order valence-electron chi connectivity index (χ1n) is 9.14. The van der Waals surface area contributed by atoms with Crippen molar-refractivity contribution < 1.29 is 9.18 Å². The number of nitrogens with zero attached hydrogens (tertiary/aromatic N) is 2. The maximum Gasteiger partial charge on any atom is 0.146 e. The maximum atomic E-state index is 14.0. The SMILES string of the molecule is CC(C)Nc1cc(N(C)C2CCN(c3ccc[nH]3)C(C=O)C2)ccc1F. The second-order valence-electron chi connectivity index (χ2n) is 7.20. The van der Waals surface area contributed by atoms with Crippen molar-refractivity contribution in [2.45, 2.75) is 44.8 Å². The fraction of sp³-hybridized carbons (Fsp3) is 0.450. The van der Waals surface area contributed by atoms with Gasteiger partial charge in [0.1, 0.15) is 17.9 Å². The van der Waals surface area contributed by atoms with E-state index in [1.54, 1.807) is 6.07 Å². The summed E-state index contributed by atoms with van der Waals surface area (Å²) in [6, 6.07) is 9.31. The van der Waals surface area contributed by atoms with E-state index < -0.39 is 0 Å². The van der Waals surface area contributed by atoms with Crippen LogP contribution < -0.4 is 15.1 Å². The van der Waals surface area contributed by atoms with Crippen molar-refractivity contribution in [3.05, 3.63) is 42.3 Å². The highest BCUT2D eigenvalue weighted by Crippen LogP contribution is 2.30. The van der Waals surface area contributed by atoms with E-state index >= 15 is 0 Å². The van der Waals surface area contributed by atoms with E-state index in [9.17, 15) is 9.18 Å². The van der Waals surface area contributed by atoms with Crippen molar-refractivity contribution >= 4 is 23.5 Å². The Hall–Kier alpha value is -2.50. The molecule has 0 aliphatic carbocycles. The minimum absolute atomic E-state index is 0.161. The smallest absolute Gasteiger partial charge is 0.146 e. The van der Waals surface area contributed by atoms with E-state index in [0.717, 1.165) is 37.2 Å². The standard InChI is InChI=1S/C20H27FN4O/c1-14(2)23-19-12-15(6-7-18(19)21)24(3)16-8-10-25(17(11-16)13-26)20-5-4-9-22-20/h4-7,9,12-14,16-17,22-23H,8,10-11H2,1-3H3. The largest absolute Gasteiger partial charge is 0.380 e. The monoisotopic (exact) mass is 358 g/mol. The van der Waals surface area contributed by atoms with Gasteiger partial charge in [0.25, 0.3) is 0 Å². The van der Waals surface area contributed by atoms with E-state index in [1.807, 2.05) is 45.3 Å². The van der Waals surface area contributed by atoms with Crippen molar-refractivity contribution in [3.63, 3.8) is 0 Å². The van der Waals surface area contributed by atoms with Crippen LogP contribution in [0.4, 0.5) is 21.6 Å². The Balaban J connectivity index is 1.74. The third-order valence-corrected chi connectivity index (χ3v) is 5.01. The molecule has 2 N–H and O–H groups in total. The van der Waals surface area contributed by atoms with Crippen molar-refractivity contribution in [1.29, 1.82) is 0 Å². The molecule has 2 aromatic rings. The first kappa shape index (κ1) is 18.3. The molecule has 6 heteroatoms. The lowest BCUT2D eigenvalue weighted by Crippen LogP contribution is -2.50. The lowest BCUT2D eigenvalue weighted by molar-refractivity contribution is -0.109. The molecule has 0 bridgehead atoms. The van der Waals surface area contributed by atoms with Crippen molar-refractivity contribution in [2.75, 3.05) is 28.7 Å². The molecule has 0 saturated carbocycles. The van der Waals surface area contributed by atoms with Crippen LogP contribution in [-0.4, -0.2) is 43.0 Å². The molecule has 1 aromatic heterocycles. The van der Waals surface area contributed by atoms with Gasteiger partial charge < -0.3 is 24.9 Å². The fourth-order valence-electron chi connectivity index (χ4n) is 3.62. The number of anilines is 3. The molecule has 5 nitrogen and oxygen atoms in total. The van der Waals surface area contributed by atoms with Gasteiger partial charge in [-0.15, -0.1) is 0 Å². The summed E-state index contributed by atoms with van der Waals surface area (Å²) in [5.74, 6) is 0.733. The number of aldehydes is 1. The molecule has 2 unspecified atom stereocenters. The van der Waals surface area contributed by atoms with Crippen LogP contribution in [0.15, 0.2) is 36.5 Å². The van der Waals surface area contributed by atoms with Gasteiger partial charge in [-0.1, -0.05) is 0 Å². The van der Waals surface area contributed by atoms with Gasteiger partial charge in [-0.05, 0) is 57.0 Å². The lowest BCUT2D eigenvalue weighted by atomic mass is 9.96. The molecular weight excluding hydrogens is 331 g/mol. The van der Waals surface area contributed by atoms with E-state index in [4.69, 9.17) is 0 Å². The Kier molecular flexibility index (Phi) is 5.49. The highest BCUT2D eigenvalue weighted by atomic mass is 19.1. The van der Waals surface area contributed by atoms with E-state index in [2.05, 4.69) is 20.1 Å². The average Bonchev–Trinajstić information content (AvgIpc) is 3.16. The van der Waals surface area contributed by atoms with Gasteiger partial charge in [0.2, 0.25) is 0 Å². The van der Waals surface area contributed by atoms with Crippen LogP contribution in [0.1, 0.15) is 26.7 Å². The number of carbonyl (C=O) groups excluding carboxylic acids is 1. The van der Waals surface area contributed by atoms with E-state index in [0.29, 0.717) is 5.69 Å². The zero-order chi connectivity index (χ0) is 18.7. The Morgan fingerprint density at radius 2 is 2.19 bits per heavy atom. The zero-order valence-electron chi connectivity index (χ0n) is 15.6. The summed E-state index contributed by atoms with van der Waals surface area (Å²) in [5.41, 5.74) is 1.47. The Morgan fingerprint density at radius 3 is 2.85 bits per heavy atom. The van der Waals surface area contributed by atoms with Gasteiger partial charge >= 0.3 is 0 Å². The Labute approximate surface area is 154 Å². The summed E-state index contributed by atoms with van der Waals surface area (Å²) in [6.07, 6.45) is 4.57. The number of benzene rings is 1. The molecule has 26 heavy (non-hydrogen) atoms. The minimum Gasteiger partial charge on any atom is -0.380 e. The highest BCUT2D eigenvalue weighted by Gasteiger charge is 2.31. The van der Waals surface area contributed by atoms with E-state index in [1.165, 1.54) is 6.07 Å². The van der Waals surface area contributed by atoms with Crippen molar-refractivity contribution in [3.8, 4) is 0 Å². The number of carbonyl (C=O) groups is 1. The number of H-pyrrole nitrogens is 1. The van der Waals surface area contributed by atoms with Crippen LogP contribution in [0.2, 0.25) is 0 Å². The molecule has 2 heterocycles. The van der Waals surface area contributed by atoms with Gasteiger partial charge in [-0.3, -0.25) is 0 Å². The van der Waals surface area contributed by atoms with Gasteiger partial charge in [-0.25, -0.2) is 4.39 Å². The molecule has 0 radical (unpaired) electrons. The van der Waals surface area contributed by atoms with Crippen molar-refractivity contribution in [2.24, 2.45) is 0 Å². The van der Waals surface area contributed by atoms with Crippen LogP contribution in [0.3, 0.4) is 0 Å². The van der Waals surface area contributed by atoms with Crippen LogP contribution in [0, 0.1) is 5.82 Å². The van der Waals surface area contributed by atoms with Gasteiger partial charge in [0.15, 0.2) is 0 Å². The van der Waals surface area contributed by atoms with Gasteiger partial charge in [0, 0.05) is 37.6 Å². The molecule has 1 saturated heterocycles. The first-order valence-corrected chi connectivity index (χ1v) is 9.14. The Morgan fingerprint density at radius 1 is 1.38 bits per heavy atom. The maximum absolute atomic E-state index is 14.0. The summed E-state index contributed by atoms with van der Waals surface area (Å²) < 4.78 is 14.0. The zero-order valence-corrected chi connectivity index (χ0v) is 15.6. The molecule has 140 valence electrons. The fourth-order valence-corrected chi connectivity index (χ4v) is 3.62. The number of hydrogen-bond donors (Lipinski definition) is 2. The number of rotatable bonds is 6. The second-order valence-corrected chi connectivity index (χ2v) is 7.20. The summed E-state index contributed by atoms with van der Waals surface area (Å²) in [6.45, 7) is 4.78. The van der Waals surface area contributed by atoms with E-state index in [-0.39, 0.29) is 23.9 Å². The van der Waals surface area contributed by atoms with Crippen molar-refractivity contribution in [1.82, 2.24) is 4.98 Å². The number of nitrogens with one attached hydrogen (secondary N) is 2. The molecule has 1 aliphatic heterocycles. The lowest BCUT2D eigenvalue weighted by Gasteiger charge is -2.41. The molecule has 1 fully saturated rings. The quantitative estimate of drug-likeness (QED) is 0.774. The number of aromatic nitrogens is 1. The minimum atomic E-state index is -0.247. The topological polar surface area (TPSA) is 51.4 Å². The summed E-state index contributed by atoms with van der Waals surface area (Å²) in [4.78, 5) is 19.1. The summed E-state index contributed by atoms with van der Waals surface area (Å²) in [7, 11) is 2.02. The third kappa shape index (κ3) is 3.84. The molecular formula is C20H27FN4O. The van der Waals surface area contributed by atoms with Crippen LogP contribution in [-0.2, 0) is 4.79 Å². The van der Waals surface area contributed by atoms with Crippen LogP contribution in [0.25, 0.3) is 0 Å². The second kappa shape index (κ2) is 7.81. The van der Waals surface area contributed by atoms with Crippen LogP contribution >= 0.6 is 0 Å². The number of aromatic amines is 1. The molecule has 2 atom stereocenters. The molecule has 1 aliphatic rings. The summed E-state index contributed by atoms with van der Waals surface area (Å²) in [5, 5.41) is 3.15. The molecule has 0 spiro atoms. The molecule has 0 amide bonds. The predicted octanol–water partition coefficient (Wildman–Crippen LogP) is 3.65. The normalized spacial score (nSPS) is 20.3. The van der Waals surface area contributed by atoms with Gasteiger partial charge in [-0.2, -0.15) is 0 Å². The van der Waals surface area contributed by atoms with Crippen LogP contribution in [0.5, 0.6) is 0 Å². The number of hydrogen-bond acceptors (Lipinski definition) is 4.